The SMILES string of the molecule is O=S(=O)(O)OO.OO. The van der Waals surface area contributed by atoms with E-state index in [9.17, 15) is 0 Å². The van der Waals surface area contributed by atoms with Crippen molar-refractivity contribution in [2.75, 3.05) is 0 Å². The summed E-state index contributed by atoms with van der Waals surface area (Å²) in [6.45, 7) is 0. The van der Waals surface area contributed by atoms with Gasteiger partial charge in [0.1, 0.15) is 0 Å². The molecule has 0 rings (SSSR count). The molecule has 0 aromatic heterocycles. The summed E-state index contributed by atoms with van der Waals surface area (Å²) in [4.78, 5) is 0. The molecule has 0 saturated carbocycles. The van der Waals surface area contributed by atoms with Crippen molar-refractivity contribution in [3.05, 3.63) is 0 Å². The van der Waals surface area contributed by atoms with Crippen LogP contribution in [0.5, 0.6) is 0 Å². The molecule has 0 heterocycles. The molecule has 0 saturated heterocycles. The zero-order chi connectivity index (χ0) is 7.21. The smallest absolute Gasteiger partial charge is 0.262 e. The molecule has 0 spiro atoms. The molecule has 0 unspecified atom stereocenters. The molecule has 0 radical (unpaired) electrons. The Labute approximate surface area is 44.6 Å². The van der Waals surface area contributed by atoms with Crippen LogP contribution in [0.15, 0.2) is 0 Å². The first kappa shape index (κ1) is 10.7. The molecular weight excluding hydrogens is 144 g/mol. The molecule has 8 heavy (non-hydrogen) atoms. The summed E-state index contributed by atoms with van der Waals surface area (Å²) in [5, 5.41) is 19.1. The molecule has 7 nitrogen and oxygen atoms in total. The predicted molar refractivity (Wildman–Crippen MR) is 20.5 cm³/mol. The summed E-state index contributed by atoms with van der Waals surface area (Å²) < 4.78 is 28.0. The first-order chi connectivity index (χ1) is 3.56. The van der Waals surface area contributed by atoms with Crippen LogP contribution >= 0.6 is 0 Å². The van der Waals surface area contributed by atoms with Gasteiger partial charge in [0.05, 0.1) is 0 Å². The van der Waals surface area contributed by atoms with Crippen molar-refractivity contribution in [2.45, 2.75) is 0 Å². The van der Waals surface area contributed by atoms with Gasteiger partial charge in [-0.2, -0.15) is 8.42 Å². The van der Waals surface area contributed by atoms with E-state index < -0.39 is 10.4 Å². The Hall–Kier alpha value is -0.250. The van der Waals surface area contributed by atoms with Crippen LogP contribution in [-0.2, 0) is 14.7 Å². The third kappa shape index (κ3) is 17.2. The van der Waals surface area contributed by atoms with Gasteiger partial charge in [-0.15, -0.1) is 0 Å². The van der Waals surface area contributed by atoms with E-state index in [4.69, 9.17) is 28.7 Å². The van der Waals surface area contributed by atoms with E-state index in [1.165, 1.54) is 0 Å². The maximum absolute atomic E-state index is 9.08. The van der Waals surface area contributed by atoms with Crippen molar-refractivity contribution in [1.29, 1.82) is 0 Å². The molecule has 0 atom stereocenters. The maximum atomic E-state index is 9.08. The van der Waals surface area contributed by atoms with Crippen LogP contribution in [0.25, 0.3) is 0 Å². The van der Waals surface area contributed by atoms with Gasteiger partial charge in [-0.3, -0.25) is 15.1 Å². The van der Waals surface area contributed by atoms with Crippen LogP contribution < -0.4 is 0 Å². The maximum Gasteiger partial charge on any atom is 0.423 e. The van der Waals surface area contributed by atoms with Crippen molar-refractivity contribution in [3.8, 4) is 0 Å². The van der Waals surface area contributed by atoms with Gasteiger partial charge in [0.2, 0.25) is 0 Å². The van der Waals surface area contributed by atoms with Crippen molar-refractivity contribution in [1.82, 2.24) is 0 Å². The summed E-state index contributed by atoms with van der Waals surface area (Å²) in [5.74, 6) is 0. The van der Waals surface area contributed by atoms with Crippen LogP contribution in [0.4, 0.5) is 0 Å². The monoisotopic (exact) mass is 148 g/mol. The second-order valence-electron chi connectivity index (χ2n) is 0.502. The zero-order valence-electron chi connectivity index (χ0n) is 3.42. The summed E-state index contributed by atoms with van der Waals surface area (Å²) in [6.07, 6.45) is 0. The summed E-state index contributed by atoms with van der Waals surface area (Å²) in [7, 11) is -4.61. The molecule has 0 aromatic rings. The lowest BCUT2D eigenvalue weighted by Crippen LogP contribution is -1.97. The van der Waals surface area contributed by atoms with E-state index in [1.54, 1.807) is 0 Å². The Morgan fingerprint density at radius 1 is 1.25 bits per heavy atom. The van der Waals surface area contributed by atoms with Crippen LogP contribution in [0, 0.1) is 0 Å². The van der Waals surface area contributed by atoms with E-state index in [-0.39, 0.29) is 0 Å². The van der Waals surface area contributed by atoms with Crippen LogP contribution in [0.1, 0.15) is 0 Å². The van der Waals surface area contributed by atoms with E-state index in [1.807, 2.05) is 0 Å². The first-order valence-electron chi connectivity index (χ1n) is 1.07. The third-order valence-electron chi connectivity index (χ3n) is 0.0942. The summed E-state index contributed by atoms with van der Waals surface area (Å²) >= 11 is 0. The average Bonchev–Trinajstić information content (AvgIpc) is 1.71. The van der Waals surface area contributed by atoms with Gasteiger partial charge in [0.15, 0.2) is 0 Å². The van der Waals surface area contributed by atoms with Gasteiger partial charge < -0.3 is 0 Å². The highest BCUT2D eigenvalue weighted by Gasteiger charge is 1.97. The quantitative estimate of drug-likeness (QED) is 0.220. The standard InChI is InChI=1S/H2O5S.H2O2/c1-5-6(2,3)4;1-2/h1H,(H,2,3,4);1-2H. The minimum atomic E-state index is -4.61. The van der Waals surface area contributed by atoms with Gasteiger partial charge in [0.25, 0.3) is 0 Å². The normalized spacial score (nSPS) is 9.50. The average molecular weight is 148 g/mol. The molecule has 0 aromatic carbocycles. The minimum absolute atomic E-state index is 2.47. The zero-order valence-corrected chi connectivity index (χ0v) is 4.24. The van der Waals surface area contributed by atoms with Gasteiger partial charge in [-0.25, -0.2) is 5.26 Å². The lowest BCUT2D eigenvalue weighted by atomic mass is 15.0. The highest BCUT2D eigenvalue weighted by atomic mass is 32.3. The third-order valence-corrected chi connectivity index (χ3v) is 0.283. The first-order valence-corrected chi connectivity index (χ1v) is 2.43. The van der Waals surface area contributed by atoms with E-state index in [2.05, 4.69) is 4.33 Å². The summed E-state index contributed by atoms with van der Waals surface area (Å²) in [5.41, 5.74) is 0. The molecule has 0 aliphatic carbocycles. The molecule has 0 amide bonds. The van der Waals surface area contributed by atoms with Gasteiger partial charge in [-0.1, -0.05) is 4.33 Å². The molecule has 0 aliphatic heterocycles. The van der Waals surface area contributed by atoms with E-state index in [0.29, 0.717) is 0 Å². The largest absolute Gasteiger partial charge is 0.423 e. The molecule has 0 bridgehead atoms. The highest BCUT2D eigenvalue weighted by molar-refractivity contribution is 7.80. The van der Waals surface area contributed by atoms with Crippen molar-refractivity contribution >= 4 is 10.4 Å². The van der Waals surface area contributed by atoms with Crippen LogP contribution in [0.2, 0.25) is 0 Å². The fourth-order valence-electron chi connectivity index (χ4n) is 0. The number of hydrogen-bond acceptors (Lipinski definition) is 6. The molecule has 0 aliphatic rings. The van der Waals surface area contributed by atoms with Crippen LogP contribution in [-0.4, -0.2) is 28.7 Å². The Balaban J connectivity index is 0. The van der Waals surface area contributed by atoms with Crippen molar-refractivity contribution in [3.63, 3.8) is 0 Å². The molecule has 4 N–H and O–H groups in total. The van der Waals surface area contributed by atoms with Gasteiger partial charge in [0, 0.05) is 0 Å². The van der Waals surface area contributed by atoms with Crippen LogP contribution in [0.3, 0.4) is 0 Å². The van der Waals surface area contributed by atoms with Crippen molar-refractivity contribution in [2.24, 2.45) is 0 Å². The van der Waals surface area contributed by atoms with E-state index >= 15 is 0 Å². The Bertz CT molecular complexity index is 106. The van der Waals surface area contributed by atoms with Gasteiger partial charge in [-0.05, 0) is 0 Å². The van der Waals surface area contributed by atoms with Crippen molar-refractivity contribution < 1.29 is 33.1 Å². The minimum Gasteiger partial charge on any atom is -0.262 e. The highest BCUT2D eigenvalue weighted by Crippen LogP contribution is 1.74. The second kappa shape index (κ2) is 4.90. The lowest BCUT2D eigenvalue weighted by Gasteiger charge is -1.79. The molecular formula is H4O7S. The Kier molecular flexibility index (Phi) is 6.54. The van der Waals surface area contributed by atoms with Gasteiger partial charge >= 0.3 is 10.4 Å². The molecule has 0 fully saturated rings. The Morgan fingerprint density at radius 3 is 1.38 bits per heavy atom. The molecule has 52 valence electrons. The fourth-order valence-corrected chi connectivity index (χ4v) is 0. The van der Waals surface area contributed by atoms with E-state index in [0.717, 1.165) is 0 Å². The Morgan fingerprint density at radius 2 is 1.38 bits per heavy atom. The predicted octanol–water partition coefficient (Wildman–Crippen LogP) is -0.704. The topological polar surface area (TPSA) is 124 Å². The molecule has 8 heteroatoms. The second-order valence-corrected chi connectivity index (χ2v) is 1.51. The number of hydrogen-bond donors (Lipinski definition) is 4. The number of rotatable bonds is 1. The summed E-state index contributed by atoms with van der Waals surface area (Å²) in [6, 6.07) is 0. The fraction of sp³-hybridized carbons (Fsp3) is 0. The lowest BCUT2D eigenvalue weighted by molar-refractivity contribution is -0.176.